The molecule has 18 heavy (non-hydrogen) atoms. The van der Waals surface area contributed by atoms with E-state index in [-0.39, 0.29) is 0 Å². The molecule has 0 N–H and O–H groups in total. The highest BCUT2D eigenvalue weighted by Gasteiger charge is 2.07. The largest absolute Gasteiger partial charge is 0.0617 e. The molecule has 0 amide bonds. The van der Waals surface area contributed by atoms with Gasteiger partial charge in [0.2, 0.25) is 0 Å². The summed E-state index contributed by atoms with van der Waals surface area (Å²) in [5, 5.41) is 0. The lowest BCUT2D eigenvalue weighted by atomic mass is 9.91. The van der Waals surface area contributed by atoms with Crippen molar-refractivity contribution in [1.29, 1.82) is 0 Å². The first-order chi connectivity index (χ1) is 8.56. The second-order valence-corrected chi connectivity index (χ2v) is 5.44. The Kier molecular flexibility index (Phi) is 3.86. The van der Waals surface area contributed by atoms with Gasteiger partial charge in [-0.15, -0.1) is 0 Å². The minimum Gasteiger partial charge on any atom is -0.0617 e. The van der Waals surface area contributed by atoms with Crippen LogP contribution in [0.3, 0.4) is 0 Å². The van der Waals surface area contributed by atoms with Crippen LogP contribution in [0.25, 0.3) is 0 Å². The minimum absolute atomic E-state index is 0.576. The first kappa shape index (κ1) is 12.9. The lowest BCUT2D eigenvalue weighted by molar-refractivity contribution is 0.757. The van der Waals surface area contributed by atoms with E-state index in [1.54, 1.807) is 0 Å². The molecule has 0 radical (unpaired) electrons. The van der Waals surface area contributed by atoms with Gasteiger partial charge in [-0.3, -0.25) is 0 Å². The van der Waals surface area contributed by atoms with Crippen molar-refractivity contribution < 1.29 is 0 Å². The Bertz CT molecular complexity index is 537. The Morgan fingerprint density at radius 1 is 0.889 bits per heavy atom. The summed E-state index contributed by atoms with van der Waals surface area (Å²) in [5.41, 5.74) is 6.99. The van der Waals surface area contributed by atoms with Crippen LogP contribution in [0.15, 0.2) is 42.5 Å². The highest BCUT2D eigenvalue weighted by Crippen LogP contribution is 2.22. The van der Waals surface area contributed by atoms with Gasteiger partial charge in [-0.25, -0.2) is 0 Å². The first-order valence-electron chi connectivity index (χ1n) is 6.69. The smallest absolute Gasteiger partial charge is 0.0150 e. The SMILES string of the molecule is Cc1cccc(C(C)Cc2ccc(C)c(C)c2)c1. The molecular weight excluding hydrogens is 216 g/mol. The number of rotatable bonds is 3. The molecule has 0 nitrogen and oxygen atoms in total. The minimum atomic E-state index is 0.576. The van der Waals surface area contributed by atoms with E-state index < -0.39 is 0 Å². The third kappa shape index (κ3) is 3.01. The van der Waals surface area contributed by atoms with E-state index in [0.29, 0.717) is 5.92 Å². The van der Waals surface area contributed by atoms with E-state index in [0.717, 1.165) is 6.42 Å². The van der Waals surface area contributed by atoms with Crippen molar-refractivity contribution in [3.8, 4) is 0 Å². The Balaban J connectivity index is 2.16. The molecule has 0 bridgehead atoms. The van der Waals surface area contributed by atoms with Crippen LogP contribution in [0.2, 0.25) is 0 Å². The van der Waals surface area contributed by atoms with Crippen LogP contribution in [-0.2, 0) is 6.42 Å². The fourth-order valence-electron chi connectivity index (χ4n) is 2.38. The van der Waals surface area contributed by atoms with Gasteiger partial charge in [-0.2, -0.15) is 0 Å². The lowest BCUT2D eigenvalue weighted by Crippen LogP contribution is -1.99. The molecule has 0 spiro atoms. The molecular formula is C18H22. The molecule has 94 valence electrons. The zero-order valence-electron chi connectivity index (χ0n) is 11.8. The van der Waals surface area contributed by atoms with Gasteiger partial charge in [0.1, 0.15) is 0 Å². The van der Waals surface area contributed by atoms with Crippen molar-refractivity contribution in [2.24, 2.45) is 0 Å². The molecule has 0 heterocycles. The van der Waals surface area contributed by atoms with Gasteiger partial charge < -0.3 is 0 Å². The van der Waals surface area contributed by atoms with E-state index in [1.807, 2.05) is 0 Å². The van der Waals surface area contributed by atoms with Crippen molar-refractivity contribution in [2.75, 3.05) is 0 Å². The highest BCUT2D eigenvalue weighted by atomic mass is 14.1. The summed E-state index contributed by atoms with van der Waals surface area (Å²) in [6, 6.07) is 15.7. The molecule has 2 aromatic carbocycles. The molecule has 1 atom stereocenters. The van der Waals surface area contributed by atoms with Crippen LogP contribution in [0.4, 0.5) is 0 Å². The molecule has 0 aromatic heterocycles. The molecule has 0 fully saturated rings. The summed E-state index contributed by atoms with van der Waals surface area (Å²) in [6.07, 6.45) is 1.12. The summed E-state index contributed by atoms with van der Waals surface area (Å²) >= 11 is 0. The van der Waals surface area contributed by atoms with Gasteiger partial charge in [-0.05, 0) is 55.4 Å². The Morgan fingerprint density at radius 3 is 2.33 bits per heavy atom. The van der Waals surface area contributed by atoms with E-state index in [4.69, 9.17) is 0 Å². The zero-order valence-corrected chi connectivity index (χ0v) is 11.8. The summed E-state index contributed by atoms with van der Waals surface area (Å²) in [4.78, 5) is 0. The summed E-state index contributed by atoms with van der Waals surface area (Å²) in [5.74, 6) is 0.576. The van der Waals surface area contributed by atoms with Crippen LogP contribution in [-0.4, -0.2) is 0 Å². The number of aryl methyl sites for hydroxylation is 3. The third-order valence-electron chi connectivity index (χ3n) is 3.72. The average molecular weight is 238 g/mol. The third-order valence-corrected chi connectivity index (χ3v) is 3.72. The summed E-state index contributed by atoms with van der Waals surface area (Å²) in [7, 11) is 0. The van der Waals surface area contributed by atoms with Gasteiger partial charge in [0.25, 0.3) is 0 Å². The van der Waals surface area contributed by atoms with Gasteiger partial charge in [0, 0.05) is 0 Å². The summed E-state index contributed by atoms with van der Waals surface area (Å²) in [6.45, 7) is 8.83. The number of benzene rings is 2. The summed E-state index contributed by atoms with van der Waals surface area (Å²) < 4.78 is 0. The molecule has 0 saturated carbocycles. The predicted molar refractivity (Wildman–Crippen MR) is 79.2 cm³/mol. The van der Waals surface area contributed by atoms with E-state index in [1.165, 1.54) is 27.8 Å². The predicted octanol–water partition coefficient (Wildman–Crippen LogP) is 4.96. The lowest BCUT2D eigenvalue weighted by Gasteiger charge is -2.13. The second-order valence-electron chi connectivity index (χ2n) is 5.44. The van der Waals surface area contributed by atoms with Gasteiger partial charge in [-0.1, -0.05) is 55.0 Å². The monoisotopic (exact) mass is 238 g/mol. The molecule has 0 saturated heterocycles. The molecule has 0 aliphatic carbocycles. The molecule has 1 unspecified atom stereocenters. The molecule has 0 heteroatoms. The van der Waals surface area contributed by atoms with Crippen LogP contribution in [0.1, 0.15) is 40.7 Å². The van der Waals surface area contributed by atoms with Crippen molar-refractivity contribution >= 4 is 0 Å². The van der Waals surface area contributed by atoms with E-state index in [9.17, 15) is 0 Å². The normalized spacial score (nSPS) is 12.4. The zero-order chi connectivity index (χ0) is 13.1. The van der Waals surface area contributed by atoms with E-state index >= 15 is 0 Å². The topological polar surface area (TPSA) is 0 Å². The fraction of sp³-hybridized carbons (Fsp3) is 0.333. The first-order valence-corrected chi connectivity index (χ1v) is 6.69. The second kappa shape index (κ2) is 5.39. The average Bonchev–Trinajstić information content (AvgIpc) is 2.34. The Morgan fingerprint density at radius 2 is 1.67 bits per heavy atom. The maximum absolute atomic E-state index is 2.32. The maximum Gasteiger partial charge on any atom is -0.0150 e. The molecule has 0 aliphatic heterocycles. The van der Waals surface area contributed by atoms with Crippen molar-refractivity contribution in [3.05, 3.63) is 70.3 Å². The van der Waals surface area contributed by atoms with Gasteiger partial charge in [0.05, 0.1) is 0 Å². The maximum atomic E-state index is 2.32. The highest BCUT2D eigenvalue weighted by molar-refractivity contribution is 5.32. The van der Waals surface area contributed by atoms with Crippen LogP contribution < -0.4 is 0 Å². The Hall–Kier alpha value is -1.56. The molecule has 2 aromatic rings. The van der Waals surface area contributed by atoms with Crippen molar-refractivity contribution in [2.45, 2.75) is 40.0 Å². The van der Waals surface area contributed by atoms with Gasteiger partial charge in [0.15, 0.2) is 0 Å². The van der Waals surface area contributed by atoms with E-state index in [2.05, 4.69) is 70.2 Å². The molecule has 2 rings (SSSR count). The standard InChI is InChI=1S/C18H22/c1-13-6-5-7-18(10-13)16(4)12-17-9-8-14(2)15(3)11-17/h5-11,16H,12H2,1-4H3. The van der Waals surface area contributed by atoms with Crippen LogP contribution in [0.5, 0.6) is 0 Å². The Labute approximate surface area is 111 Å². The molecule has 0 aliphatic rings. The quantitative estimate of drug-likeness (QED) is 0.709. The van der Waals surface area contributed by atoms with Crippen LogP contribution in [0, 0.1) is 20.8 Å². The fourth-order valence-corrected chi connectivity index (χ4v) is 2.38. The number of hydrogen-bond acceptors (Lipinski definition) is 0. The van der Waals surface area contributed by atoms with Gasteiger partial charge >= 0.3 is 0 Å². The van der Waals surface area contributed by atoms with Crippen molar-refractivity contribution in [3.63, 3.8) is 0 Å². The van der Waals surface area contributed by atoms with Crippen molar-refractivity contribution in [1.82, 2.24) is 0 Å². The van der Waals surface area contributed by atoms with Crippen LogP contribution >= 0.6 is 0 Å². The number of hydrogen-bond donors (Lipinski definition) is 0.